The molecular weight excluding hydrogens is 466 g/mol. The molecule has 3 rings (SSSR count). The summed E-state index contributed by atoms with van der Waals surface area (Å²) in [6, 6.07) is 22.6. The molecular formula is C31H37NO5. The van der Waals surface area contributed by atoms with Crippen molar-refractivity contribution in [1.82, 2.24) is 5.32 Å². The number of ether oxygens (including phenoxy) is 2. The first-order chi connectivity index (χ1) is 17.7. The van der Waals surface area contributed by atoms with Gasteiger partial charge in [0.25, 0.3) is 5.91 Å². The number of hydrogen-bond donors (Lipinski definition) is 2. The van der Waals surface area contributed by atoms with E-state index in [2.05, 4.69) is 19.2 Å². The largest absolute Gasteiger partial charge is 0.491 e. The molecule has 37 heavy (non-hydrogen) atoms. The van der Waals surface area contributed by atoms with Crippen molar-refractivity contribution in [2.75, 3.05) is 0 Å². The number of carboxylic acids is 1. The van der Waals surface area contributed by atoms with Gasteiger partial charge in [-0.1, -0.05) is 56.3 Å². The van der Waals surface area contributed by atoms with Gasteiger partial charge in [-0.15, -0.1) is 0 Å². The summed E-state index contributed by atoms with van der Waals surface area (Å²) in [6.07, 6.45) is 1.07. The molecule has 1 unspecified atom stereocenters. The van der Waals surface area contributed by atoms with Crippen molar-refractivity contribution in [2.45, 2.75) is 65.7 Å². The highest BCUT2D eigenvalue weighted by atomic mass is 16.5. The second-order valence-corrected chi connectivity index (χ2v) is 9.88. The number of hydrogen-bond acceptors (Lipinski definition) is 4. The summed E-state index contributed by atoms with van der Waals surface area (Å²) in [5.41, 5.74) is 3.01. The molecule has 0 aliphatic heterocycles. The number of rotatable bonds is 13. The summed E-state index contributed by atoms with van der Waals surface area (Å²) in [5, 5.41) is 12.4. The Hall–Kier alpha value is -3.80. The van der Waals surface area contributed by atoms with Crippen LogP contribution in [0.3, 0.4) is 0 Å². The van der Waals surface area contributed by atoms with Crippen LogP contribution in [0.2, 0.25) is 0 Å². The van der Waals surface area contributed by atoms with E-state index in [1.54, 1.807) is 0 Å². The van der Waals surface area contributed by atoms with Gasteiger partial charge in [0, 0.05) is 12.0 Å². The van der Waals surface area contributed by atoms with E-state index in [1.807, 2.05) is 86.6 Å². The summed E-state index contributed by atoms with van der Waals surface area (Å²) in [5.74, 6) is 0.758. The molecule has 1 atom stereocenters. The fourth-order valence-corrected chi connectivity index (χ4v) is 4.10. The Morgan fingerprint density at radius 1 is 0.892 bits per heavy atom. The van der Waals surface area contributed by atoms with Crippen molar-refractivity contribution >= 4 is 11.9 Å². The van der Waals surface area contributed by atoms with Crippen LogP contribution < -0.4 is 14.8 Å². The van der Waals surface area contributed by atoms with Gasteiger partial charge in [-0.05, 0) is 79.6 Å². The van der Waals surface area contributed by atoms with E-state index in [1.165, 1.54) is 0 Å². The fraction of sp³-hybridized carbons (Fsp3) is 0.355. The lowest BCUT2D eigenvalue weighted by Crippen LogP contribution is -2.30. The highest BCUT2D eigenvalue weighted by Gasteiger charge is 2.20. The highest BCUT2D eigenvalue weighted by Crippen LogP contribution is 2.26. The third kappa shape index (κ3) is 8.98. The number of amides is 1. The quantitative estimate of drug-likeness (QED) is 0.275. The molecule has 0 saturated heterocycles. The minimum Gasteiger partial charge on any atom is -0.491 e. The molecule has 0 fully saturated rings. The Morgan fingerprint density at radius 3 is 2.22 bits per heavy atom. The number of aliphatic carboxylic acids is 1. The average Bonchev–Trinajstić information content (AvgIpc) is 2.86. The molecule has 0 aliphatic rings. The molecule has 0 radical (unpaired) electrons. The predicted molar refractivity (Wildman–Crippen MR) is 145 cm³/mol. The SMILES string of the molecule is CC(C)CC(NC(=O)c1cc(COc2ccccc2)ccc1CCC(=O)O)c1ccc(OC(C)C)cc1. The topological polar surface area (TPSA) is 84.9 Å². The van der Waals surface area contributed by atoms with Gasteiger partial charge < -0.3 is 19.9 Å². The predicted octanol–water partition coefficient (Wildman–Crippen LogP) is 6.59. The van der Waals surface area contributed by atoms with E-state index in [9.17, 15) is 14.7 Å². The lowest BCUT2D eigenvalue weighted by molar-refractivity contribution is -0.136. The molecule has 0 saturated carbocycles. The van der Waals surface area contributed by atoms with Gasteiger partial charge in [0.2, 0.25) is 0 Å². The molecule has 3 aromatic carbocycles. The molecule has 1 amide bonds. The van der Waals surface area contributed by atoms with Crippen LogP contribution in [-0.2, 0) is 17.8 Å². The molecule has 0 aromatic heterocycles. The third-order valence-corrected chi connectivity index (χ3v) is 5.84. The number of carboxylic acid groups (broad SMARTS) is 1. The number of para-hydroxylation sites is 1. The second kappa shape index (κ2) is 13.5. The minimum atomic E-state index is -0.899. The summed E-state index contributed by atoms with van der Waals surface area (Å²) >= 11 is 0. The Morgan fingerprint density at radius 2 is 1.59 bits per heavy atom. The van der Waals surface area contributed by atoms with Crippen LogP contribution >= 0.6 is 0 Å². The highest BCUT2D eigenvalue weighted by molar-refractivity contribution is 5.96. The van der Waals surface area contributed by atoms with Crippen molar-refractivity contribution in [1.29, 1.82) is 0 Å². The third-order valence-electron chi connectivity index (χ3n) is 5.84. The van der Waals surface area contributed by atoms with Gasteiger partial charge in [-0.3, -0.25) is 9.59 Å². The van der Waals surface area contributed by atoms with E-state index >= 15 is 0 Å². The van der Waals surface area contributed by atoms with Crippen molar-refractivity contribution in [3.63, 3.8) is 0 Å². The van der Waals surface area contributed by atoms with Crippen LogP contribution in [0.5, 0.6) is 11.5 Å². The molecule has 0 spiro atoms. The van der Waals surface area contributed by atoms with Crippen LogP contribution in [0.1, 0.15) is 73.6 Å². The fourth-order valence-electron chi connectivity index (χ4n) is 4.10. The van der Waals surface area contributed by atoms with Crippen molar-refractivity contribution < 1.29 is 24.2 Å². The molecule has 6 heteroatoms. The number of aryl methyl sites for hydroxylation is 1. The molecule has 196 valence electrons. The lowest BCUT2D eigenvalue weighted by Gasteiger charge is -2.23. The zero-order valence-electron chi connectivity index (χ0n) is 22.1. The standard InChI is InChI=1S/C31H37NO5/c1-21(2)18-29(25-12-15-27(16-13-25)37-22(3)4)32-31(35)28-19-23(10-11-24(28)14-17-30(33)34)20-36-26-8-6-5-7-9-26/h5-13,15-16,19,21-22,29H,14,17-18,20H2,1-4H3,(H,32,35)(H,33,34). The van der Waals surface area contributed by atoms with Gasteiger partial charge in [-0.25, -0.2) is 0 Å². The van der Waals surface area contributed by atoms with Gasteiger partial charge in [0.1, 0.15) is 18.1 Å². The molecule has 0 bridgehead atoms. The van der Waals surface area contributed by atoms with E-state index in [4.69, 9.17) is 9.47 Å². The Labute approximate surface area is 219 Å². The smallest absolute Gasteiger partial charge is 0.303 e. The number of benzene rings is 3. The monoisotopic (exact) mass is 503 g/mol. The molecule has 2 N–H and O–H groups in total. The normalized spacial score (nSPS) is 11.8. The van der Waals surface area contributed by atoms with Crippen LogP contribution in [0.15, 0.2) is 72.8 Å². The maximum atomic E-state index is 13.6. The van der Waals surface area contributed by atoms with Crippen LogP contribution in [0.25, 0.3) is 0 Å². The van der Waals surface area contributed by atoms with E-state index in [-0.39, 0.29) is 30.9 Å². The zero-order valence-corrected chi connectivity index (χ0v) is 22.1. The lowest BCUT2D eigenvalue weighted by atomic mass is 9.95. The second-order valence-electron chi connectivity index (χ2n) is 9.88. The Bertz CT molecular complexity index is 1160. The van der Waals surface area contributed by atoms with Crippen LogP contribution in [-0.4, -0.2) is 23.1 Å². The first kappa shape index (κ1) is 27.8. The van der Waals surface area contributed by atoms with Gasteiger partial charge >= 0.3 is 5.97 Å². The van der Waals surface area contributed by atoms with Crippen molar-refractivity contribution in [3.8, 4) is 11.5 Å². The maximum Gasteiger partial charge on any atom is 0.303 e. The average molecular weight is 504 g/mol. The maximum absolute atomic E-state index is 13.6. The van der Waals surface area contributed by atoms with Crippen LogP contribution in [0, 0.1) is 5.92 Å². The van der Waals surface area contributed by atoms with E-state index < -0.39 is 5.97 Å². The number of nitrogens with one attached hydrogen (secondary N) is 1. The van der Waals surface area contributed by atoms with E-state index in [0.29, 0.717) is 23.7 Å². The Balaban J connectivity index is 1.84. The first-order valence-electron chi connectivity index (χ1n) is 12.8. The minimum absolute atomic E-state index is 0.0487. The van der Waals surface area contributed by atoms with Crippen molar-refractivity contribution in [3.05, 3.63) is 95.1 Å². The van der Waals surface area contributed by atoms with Crippen molar-refractivity contribution in [2.24, 2.45) is 5.92 Å². The molecule has 0 heterocycles. The number of carbonyl (C=O) groups excluding carboxylic acids is 1. The van der Waals surface area contributed by atoms with Gasteiger partial charge in [0.15, 0.2) is 0 Å². The first-order valence-corrected chi connectivity index (χ1v) is 12.8. The van der Waals surface area contributed by atoms with Crippen LogP contribution in [0.4, 0.5) is 0 Å². The summed E-state index contributed by atoms with van der Waals surface area (Å²) < 4.78 is 11.6. The molecule has 0 aliphatic carbocycles. The molecule has 3 aromatic rings. The zero-order chi connectivity index (χ0) is 26.8. The van der Waals surface area contributed by atoms with Gasteiger partial charge in [0.05, 0.1) is 12.1 Å². The summed E-state index contributed by atoms with van der Waals surface area (Å²) in [7, 11) is 0. The number of carbonyl (C=O) groups is 2. The molecule has 6 nitrogen and oxygen atoms in total. The summed E-state index contributed by atoms with van der Waals surface area (Å²) in [6.45, 7) is 8.51. The summed E-state index contributed by atoms with van der Waals surface area (Å²) in [4.78, 5) is 24.8. The van der Waals surface area contributed by atoms with Gasteiger partial charge in [-0.2, -0.15) is 0 Å². The van der Waals surface area contributed by atoms with E-state index in [0.717, 1.165) is 29.0 Å². The Kier molecular flexibility index (Phi) is 10.1.